The number of allylic oxidation sites excluding steroid dienone is 8. The Hall–Kier alpha value is -2.63. The topological polar surface area (TPSA) is 78.9 Å². The molecule has 0 N–H and O–H groups in total. The molecule has 0 rings (SSSR count). The van der Waals surface area contributed by atoms with Crippen molar-refractivity contribution in [3.8, 4) is 0 Å². The van der Waals surface area contributed by atoms with Crippen LogP contribution in [0.25, 0.3) is 0 Å². The standard InChI is InChI=1S/C49H86O6/c1-4-7-10-13-15-17-19-21-22-23-24-25-26-28-29-31-33-36-39-42-48(51)54-45-46(44-53-47(50)41-38-35-12-9-6-3)55-49(52)43-40-37-34-32-30-27-20-18-16-14-11-8-5-2/h7,10,15,17,21-22,24-25,46H,4-6,8-9,11-14,16,18-20,23,26-45H2,1-3H3/b10-7-,17-15-,22-21-,25-24-. The zero-order valence-electron chi connectivity index (χ0n) is 36.2. The highest BCUT2D eigenvalue weighted by molar-refractivity contribution is 5.71. The molecule has 0 aliphatic rings. The summed E-state index contributed by atoms with van der Waals surface area (Å²) in [5.41, 5.74) is 0. The first-order chi connectivity index (χ1) is 27.0. The number of carbonyl (C=O) groups excluding carboxylic acids is 3. The molecule has 1 unspecified atom stereocenters. The Morgan fingerprint density at radius 1 is 0.382 bits per heavy atom. The van der Waals surface area contributed by atoms with E-state index in [4.69, 9.17) is 14.2 Å². The molecule has 6 heteroatoms. The lowest BCUT2D eigenvalue weighted by Gasteiger charge is -2.18. The quantitative estimate of drug-likeness (QED) is 0.0267. The first-order valence-electron chi connectivity index (χ1n) is 23.1. The van der Waals surface area contributed by atoms with Gasteiger partial charge in [0.1, 0.15) is 13.2 Å². The Kier molecular flexibility index (Phi) is 42.0. The maximum absolute atomic E-state index is 12.7. The monoisotopic (exact) mass is 771 g/mol. The average Bonchev–Trinajstić information content (AvgIpc) is 3.18. The van der Waals surface area contributed by atoms with E-state index in [1.165, 1.54) is 89.9 Å². The van der Waals surface area contributed by atoms with Gasteiger partial charge in [0.05, 0.1) is 0 Å². The minimum atomic E-state index is -0.771. The number of hydrogen-bond donors (Lipinski definition) is 0. The minimum Gasteiger partial charge on any atom is -0.462 e. The Morgan fingerprint density at radius 2 is 0.709 bits per heavy atom. The highest BCUT2D eigenvalue weighted by Crippen LogP contribution is 2.14. The molecule has 1 atom stereocenters. The summed E-state index contributed by atoms with van der Waals surface area (Å²) in [6, 6.07) is 0. The van der Waals surface area contributed by atoms with Crippen molar-refractivity contribution in [3.63, 3.8) is 0 Å². The van der Waals surface area contributed by atoms with Crippen molar-refractivity contribution in [3.05, 3.63) is 48.6 Å². The van der Waals surface area contributed by atoms with E-state index in [0.717, 1.165) is 96.3 Å². The summed E-state index contributed by atoms with van der Waals surface area (Å²) in [5.74, 6) is -0.903. The minimum absolute atomic E-state index is 0.0771. The van der Waals surface area contributed by atoms with Crippen LogP contribution < -0.4 is 0 Å². The molecule has 0 saturated heterocycles. The van der Waals surface area contributed by atoms with Gasteiger partial charge in [-0.25, -0.2) is 0 Å². The molecule has 318 valence electrons. The summed E-state index contributed by atoms with van der Waals surface area (Å²) in [4.78, 5) is 37.5. The summed E-state index contributed by atoms with van der Waals surface area (Å²) >= 11 is 0. The third-order valence-electron chi connectivity index (χ3n) is 9.85. The van der Waals surface area contributed by atoms with Gasteiger partial charge in [-0.3, -0.25) is 14.4 Å². The second kappa shape index (κ2) is 44.1. The van der Waals surface area contributed by atoms with Crippen LogP contribution in [0.2, 0.25) is 0 Å². The first-order valence-corrected chi connectivity index (χ1v) is 23.1. The summed E-state index contributed by atoms with van der Waals surface area (Å²) < 4.78 is 16.6. The van der Waals surface area contributed by atoms with E-state index in [9.17, 15) is 14.4 Å². The van der Waals surface area contributed by atoms with Crippen LogP contribution in [-0.2, 0) is 28.6 Å². The van der Waals surface area contributed by atoms with E-state index in [-0.39, 0.29) is 31.1 Å². The SMILES string of the molecule is CC/C=C\C/C=C\C/C=C\C/C=C\CCCCCCCCC(=O)OCC(COC(=O)CCCCCCC)OC(=O)CCCCCCCCCCCCCCC. The maximum atomic E-state index is 12.7. The van der Waals surface area contributed by atoms with Gasteiger partial charge in [0.2, 0.25) is 0 Å². The highest BCUT2D eigenvalue weighted by atomic mass is 16.6. The van der Waals surface area contributed by atoms with E-state index in [0.29, 0.717) is 19.3 Å². The van der Waals surface area contributed by atoms with Gasteiger partial charge in [0.25, 0.3) is 0 Å². The molecule has 0 amide bonds. The van der Waals surface area contributed by atoms with E-state index in [1.54, 1.807) is 0 Å². The van der Waals surface area contributed by atoms with Crippen LogP contribution in [0.1, 0.15) is 226 Å². The van der Waals surface area contributed by atoms with Crippen LogP contribution in [0.15, 0.2) is 48.6 Å². The van der Waals surface area contributed by atoms with Crippen molar-refractivity contribution < 1.29 is 28.6 Å². The summed E-state index contributed by atoms with van der Waals surface area (Å²) in [6.45, 7) is 6.42. The van der Waals surface area contributed by atoms with E-state index in [1.807, 2.05) is 0 Å². The Balaban J connectivity index is 4.21. The van der Waals surface area contributed by atoms with Crippen molar-refractivity contribution in [1.29, 1.82) is 0 Å². The summed E-state index contributed by atoms with van der Waals surface area (Å²) in [6.07, 6.45) is 51.2. The van der Waals surface area contributed by atoms with Crippen molar-refractivity contribution in [2.24, 2.45) is 0 Å². The molecule has 55 heavy (non-hydrogen) atoms. The number of hydrogen-bond acceptors (Lipinski definition) is 6. The molecule has 0 aliphatic carbocycles. The fourth-order valence-corrected chi connectivity index (χ4v) is 6.37. The van der Waals surface area contributed by atoms with Crippen molar-refractivity contribution in [2.75, 3.05) is 13.2 Å². The number of carbonyl (C=O) groups is 3. The third-order valence-corrected chi connectivity index (χ3v) is 9.85. The van der Waals surface area contributed by atoms with Crippen LogP contribution in [-0.4, -0.2) is 37.2 Å². The Morgan fingerprint density at radius 3 is 1.11 bits per heavy atom. The molecular weight excluding hydrogens is 685 g/mol. The van der Waals surface area contributed by atoms with Gasteiger partial charge in [0.15, 0.2) is 6.10 Å². The van der Waals surface area contributed by atoms with Gasteiger partial charge in [-0.05, 0) is 57.8 Å². The molecule has 0 bridgehead atoms. The van der Waals surface area contributed by atoms with Crippen molar-refractivity contribution in [1.82, 2.24) is 0 Å². The highest BCUT2D eigenvalue weighted by Gasteiger charge is 2.19. The Labute approximate surface area is 339 Å². The molecule has 0 heterocycles. The zero-order valence-corrected chi connectivity index (χ0v) is 36.2. The third kappa shape index (κ3) is 42.4. The maximum Gasteiger partial charge on any atom is 0.306 e. The fourth-order valence-electron chi connectivity index (χ4n) is 6.37. The molecule has 0 aromatic rings. The normalized spacial score (nSPS) is 12.4. The van der Waals surface area contributed by atoms with Gasteiger partial charge in [-0.1, -0.05) is 198 Å². The molecular formula is C49H86O6. The second-order valence-corrected chi connectivity index (χ2v) is 15.3. The van der Waals surface area contributed by atoms with Gasteiger partial charge in [0, 0.05) is 19.3 Å². The second-order valence-electron chi connectivity index (χ2n) is 15.3. The lowest BCUT2D eigenvalue weighted by molar-refractivity contribution is -0.167. The molecule has 0 fully saturated rings. The van der Waals surface area contributed by atoms with Gasteiger partial charge >= 0.3 is 17.9 Å². The summed E-state index contributed by atoms with van der Waals surface area (Å²) in [7, 11) is 0. The Bertz CT molecular complexity index is 980. The predicted octanol–water partition coefficient (Wildman–Crippen LogP) is 14.8. The van der Waals surface area contributed by atoms with Gasteiger partial charge in [-0.2, -0.15) is 0 Å². The van der Waals surface area contributed by atoms with E-state index < -0.39 is 6.10 Å². The molecule has 6 nitrogen and oxygen atoms in total. The fraction of sp³-hybridized carbons (Fsp3) is 0.776. The number of rotatable bonds is 41. The molecule has 0 saturated carbocycles. The lowest BCUT2D eigenvalue weighted by atomic mass is 10.0. The average molecular weight is 771 g/mol. The smallest absolute Gasteiger partial charge is 0.306 e. The van der Waals surface area contributed by atoms with Crippen molar-refractivity contribution in [2.45, 2.75) is 232 Å². The summed E-state index contributed by atoms with van der Waals surface area (Å²) in [5, 5.41) is 0. The number of unbranched alkanes of at least 4 members (excludes halogenated alkanes) is 22. The van der Waals surface area contributed by atoms with E-state index >= 15 is 0 Å². The van der Waals surface area contributed by atoms with Crippen LogP contribution in [0.3, 0.4) is 0 Å². The molecule has 0 radical (unpaired) electrons. The molecule has 0 aromatic carbocycles. The number of esters is 3. The lowest BCUT2D eigenvalue weighted by Crippen LogP contribution is -2.30. The van der Waals surface area contributed by atoms with Crippen molar-refractivity contribution >= 4 is 17.9 Å². The van der Waals surface area contributed by atoms with Crippen LogP contribution >= 0.6 is 0 Å². The largest absolute Gasteiger partial charge is 0.462 e. The van der Waals surface area contributed by atoms with E-state index in [2.05, 4.69) is 69.4 Å². The number of ether oxygens (including phenoxy) is 3. The van der Waals surface area contributed by atoms with Gasteiger partial charge in [-0.15, -0.1) is 0 Å². The zero-order chi connectivity index (χ0) is 40.1. The van der Waals surface area contributed by atoms with Crippen LogP contribution in [0.5, 0.6) is 0 Å². The van der Waals surface area contributed by atoms with Gasteiger partial charge < -0.3 is 14.2 Å². The molecule has 0 aromatic heterocycles. The molecule has 0 spiro atoms. The van der Waals surface area contributed by atoms with Crippen LogP contribution in [0.4, 0.5) is 0 Å². The van der Waals surface area contributed by atoms with Crippen LogP contribution in [0, 0.1) is 0 Å². The molecule has 0 aliphatic heterocycles. The first kappa shape index (κ1) is 52.4. The predicted molar refractivity (Wildman–Crippen MR) is 233 cm³/mol.